The van der Waals surface area contributed by atoms with Crippen LogP contribution in [0.25, 0.3) is 0 Å². The first-order valence-corrected chi connectivity index (χ1v) is 8.73. The summed E-state index contributed by atoms with van der Waals surface area (Å²) >= 11 is 0. The molecule has 0 saturated carbocycles. The van der Waals surface area contributed by atoms with E-state index in [9.17, 15) is 9.59 Å². The van der Waals surface area contributed by atoms with E-state index in [1.165, 1.54) is 0 Å². The number of likely N-dealkylation sites (tertiary alicyclic amines) is 2. The Kier molecular flexibility index (Phi) is 5.89. The maximum Gasteiger partial charge on any atom is 0.410 e. The molecule has 0 spiro atoms. The Morgan fingerprint density at radius 1 is 1.30 bits per heavy atom. The molecule has 23 heavy (non-hydrogen) atoms. The molecule has 2 amide bonds. The van der Waals surface area contributed by atoms with Gasteiger partial charge in [0.15, 0.2) is 0 Å². The zero-order valence-corrected chi connectivity index (χ0v) is 14.9. The molecule has 132 valence electrons. The van der Waals surface area contributed by atoms with Crippen LogP contribution in [0.1, 0.15) is 52.9 Å². The molecule has 2 fully saturated rings. The summed E-state index contributed by atoms with van der Waals surface area (Å²) in [5.74, 6) is 0.219. The maximum absolute atomic E-state index is 12.4. The van der Waals surface area contributed by atoms with Gasteiger partial charge in [-0.3, -0.25) is 4.79 Å². The number of hydrogen-bond acceptors (Lipinski definition) is 4. The van der Waals surface area contributed by atoms with Gasteiger partial charge in [-0.2, -0.15) is 0 Å². The Morgan fingerprint density at radius 2 is 2.04 bits per heavy atom. The highest BCUT2D eigenvalue weighted by atomic mass is 16.6. The first-order chi connectivity index (χ1) is 10.8. The molecule has 2 saturated heterocycles. The predicted molar refractivity (Wildman–Crippen MR) is 89.2 cm³/mol. The average molecular weight is 325 g/mol. The van der Waals surface area contributed by atoms with Crippen LogP contribution in [0.3, 0.4) is 0 Å². The van der Waals surface area contributed by atoms with Gasteiger partial charge in [0.05, 0.1) is 0 Å². The largest absolute Gasteiger partial charge is 0.444 e. The van der Waals surface area contributed by atoms with Crippen molar-refractivity contribution in [1.82, 2.24) is 15.1 Å². The van der Waals surface area contributed by atoms with Gasteiger partial charge in [0, 0.05) is 45.2 Å². The van der Waals surface area contributed by atoms with Gasteiger partial charge >= 0.3 is 6.09 Å². The molecule has 2 aliphatic rings. The van der Waals surface area contributed by atoms with E-state index in [2.05, 4.69) is 5.32 Å². The number of likely N-dealkylation sites (N-methyl/N-ethyl adjacent to an activating group) is 1. The van der Waals surface area contributed by atoms with Crippen molar-refractivity contribution >= 4 is 12.0 Å². The molecular formula is C17H31N3O3. The fourth-order valence-corrected chi connectivity index (χ4v) is 3.26. The summed E-state index contributed by atoms with van der Waals surface area (Å²) in [5.41, 5.74) is -0.459. The molecule has 0 aromatic heterocycles. The van der Waals surface area contributed by atoms with Crippen LogP contribution in [-0.4, -0.2) is 66.2 Å². The first-order valence-electron chi connectivity index (χ1n) is 8.73. The summed E-state index contributed by atoms with van der Waals surface area (Å²) in [6, 6.07) is 0.502. The van der Waals surface area contributed by atoms with Crippen molar-refractivity contribution in [2.24, 2.45) is 0 Å². The molecule has 0 bridgehead atoms. The van der Waals surface area contributed by atoms with E-state index in [0.717, 1.165) is 45.3 Å². The lowest BCUT2D eigenvalue weighted by Crippen LogP contribution is -2.54. The normalized spacial score (nSPS) is 26.3. The Bertz CT molecular complexity index is 433. The minimum Gasteiger partial charge on any atom is -0.444 e. The summed E-state index contributed by atoms with van der Waals surface area (Å²) in [5, 5.41) is 3.55. The quantitative estimate of drug-likeness (QED) is 0.862. The van der Waals surface area contributed by atoms with E-state index >= 15 is 0 Å². The Morgan fingerprint density at radius 3 is 2.70 bits per heavy atom. The molecule has 0 aliphatic carbocycles. The zero-order chi connectivity index (χ0) is 17.0. The minimum atomic E-state index is -0.459. The van der Waals surface area contributed by atoms with Crippen molar-refractivity contribution in [3.8, 4) is 0 Å². The van der Waals surface area contributed by atoms with Crippen molar-refractivity contribution in [3.63, 3.8) is 0 Å². The van der Waals surface area contributed by atoms with Crippen LogP contribution in [0.4, 0.5) is 4.79 Å². The lowest BCUT2D eigenvalue weighted by molar-refractivity contribution is -0.132. The molecule has 6 heteroatoms. The van der Waals surface area contributed by atoms with Gasteiger partial charge < -0.3 is 19.9 Å². The fraction of sp³-hybridized carbons (Fsp3) is 0.882. The van der Waals surface area contributed by atoms with Crippen molar-refractivity contribution in [1.29, 1.82) is 0 Å². The standard InChI is InChI=1S/C17H31N3O3/c1-17(2,3)23-16(22)20-10-6-5-7-14(20)11-18-13-8-9-15(21)19(4)12-13/h13-14,18H,5-12H2,1-4H3. The van der Waals surface area contributed by atoms with Gasteiger partial charge in [0.25, 0.3) is 0 Å². The summed E-state index contributed by atoms with van der Waals surface area (Å²) in [6.07, 6.45) is 4.47. The average Bonchev–Trinajstić information content (AvgIpc) is 2.47. The minimum absolute atomic E-state index is 0.182. The van der Waals surface area contributed by atoms with E-state index < -0.39 is 5.60 Å². The SMILES string of the molecule is CN1CC(NCC2CCCCN2C(=O)OC(C)(C)C)CCC1=O. The lowest BCUT2D eigenvalue weighted by atomic mass is 10.0. The van der Waals surface area contributed by atoms with Crippen LogP contribution < -0.4 is 5.32 Å². The molecule has 2 heterocycles. The van der Waals surface area contributed by atoms with Gasteiger partial charge in [0.2, 0.25) is 5.91 Å². The van der Waals surface area contributed by atoms with Gasteiger partial charge in [-0.15, -0.1) is 0 Å². The third-order valence-corrected chi connectivity index (χ3v) is 4.52. The molecule has 0 aromatic carbocycles. The van der Waals surface area contributed by atoms with Crippen LogP contribution in [0.15, 0.2) is 0 Å². The monoisotopic (exact) mass is 325 g/mol. The number of hydrogen-bond donors (Lipinski definition) is 1. The summed E-state index contributed by atoms with van der Waals surface area (Å²) in [6.45, 7) is 7.99. The van der Waals surface area contributed by atoms with Crippen LogP contribution >= 0.6 is 0 Å². The number of piperidine rings is 2. The van der Waals surface area contributed by atoms with E-state index in [0.29, 0.717) is 12.5 Å². The number of nitrogens with zero attached hydrogens (tertiary/aromatic N) is 2. The highest BCUT2D eigenvalue weighted by Crippen LogP contribution is 2.20. The summed E-state index contributed by atoms with van der Waals surface area (Å²) < 4.78 is 5.54. The molecule has 1 N–H and O–H groups in total. The second-order valence-electron chi connectivity index (χ2n) is 7.74. The van der Waals surface area contributed by atoms with E-state index in [-0.39, 0.29) is 18.0 Å². The van der Waals surface area contributed by atoms with Crippen LogP contribution in [0.2, 0.25) is 0 Å². The molecule has 2 unspecified atom stereocenters. The fourth-order valence-electron chi connectivity index (χ4n) is 3.26. The number of nitrogens with one attached hydrogen (secondary N) is 1. The number of carbonyl (C=O) groups is 2. The molecule has 2 atom stereocenters. The Balaban J connectivity index is 1.86. The topological polar surface area (TPSA) is 61.9 Å². The van der Waals surface area contributed by atoms with Gasteiger partial charge in [0.1, 0.15) is 5.60 Å². The molecule has 0 radical (unpaired) electrons. The van der Waals surface area contributed by atoms with Crippen molar-refractivity contribution in [3.05, 3.63) is 0 Å². The number of ether oxygens (including phenoxy) is 1. The van der Waals surface area contributed by atoms with E-state index in [1.807, 2.05) is 32.7 Å². The van der Waals surface area contributed by atoms with Crippen molar-refractivity contribution in [2.75, 3.05) is 26.7 Å². The Hall–Kier alpha value is -1.30. The number of amides is 2. The van der Waals surface area contributed by atoms with Crippen LogP contribution in [-0.2, 0) is 9.53 Å². The van der Waals surface area contributed by atoms with Crippen molar-refractivity contribution < 1.29 is 14.3 Å². The second-order valence-corrected chi connectivity index (χ2v) is 7.74. The van der Waals surface area contributed by atoms with Gasteiger partial charge in [-0.1, -0.05) is 0 Å². The summed E-state index contributed by atoms with van der Waals surface area (Å²) in [4.78, 5) is 27.6. The highest BCUT2D eigenvalue weighted by molar-refractivity contribution is 5.76. The van der Waals surface area contributed by atoms with E-state index in [1.54, 1.807) is 4.90 Å². The third-order valence-electron chi connectivity index (χ3n) is 4.52. The Labute approximate surface area is 139 Å². The van der Waals surface area contributed by atoms with Crippen LogP contribution in [0, 0.1) is 0 Å². The second kappa shape index (κ2) is 7.51. The first kappa shape index (κ1) is 18.0. The van der Waals surface area contributed by atoms with Gasteiger partial charge in [-0.05, 0) is 46.5 Å². The maximum atomic E-state index is 12.4. The number of carbonyl (C=O) groups excluding carboxylic acids is 2. The third kappa shape index (κ3) is 5.37. The zero-order valence-electron chi connectivity index (χ0n) is 14.9. The predicted octanol–water partition coefficient (Wildman–Crippen LogP) is 1.99. The molecule has 2 aliphatic heterocycles. The van der Waals surface area contributed by atoms with E-state index in [4.69, 9.17) is 4.74 Å². The molecular weight excluding hydrogens is 294 g/mol. The van der Waals surface area contributed by atoms with Crippen LogP contribution in [0.5, 0.6) is 0 Å². The molecule has 6 nitrogen and oxygen atoms in total. The van der Waals surface area contributed by atoms with Crippen molar-refractivity contribution in [2.45, 2.75) is 70.6 Å². The number of rotatable bonds is 3. The smallest absolute Gasteiger partial charge is 0.410 e. The lowest BCUT2D eigenvalue weighted by Gasteiger charge is -2.38. The molecule has 2 rings (SSSR count). The highest BCUT2D eigenvalue weighted by Gasteiger charge is 2.31. The van der Waals surface area contributed by atoms with Gasteiger partial charge in [-0.25, -0.2) is 4.79 Å². The molecule has 0 aromatic rings. The summed E-state index contributed by atoms with van der Waals surface area (Å²) in [7, 11) is 1.85.